The lowest BCUT2D eigenvalue weighted by atomic mass is 10.0. The lowest BCUT2D eigenvalue weighted by Crippen LogP contribution is -2.44. The molecule has 5 nitrogen and oxygen atoms in total. The first kappa shape index (κ1) is 16.3. The lowest BCUT2D eigenvalue weighted by molar-refractivity contribution is 0.181. The van der Waals surface area contributed by atoms with Gasteiger partial charge in [0.2, 0.25) is 0 Å². The van der Waals surface area contributed by atoms with Gasteiger partial charge in [-0.05, 0) is 29.8 Å². The number of carbonyl (C=O) groups is 1. The van der Waals surface area contributed by atoms with E-state index in [2.05, 4.69) is 34.3 Å². The quantitative estimate of drug-likeness (QED) is 0.774. The Morgan fingerprint density at radius 3 is 2.58 bits per heavy atom. The van der Waals surface area contributed by atoms with Gasteiger partial charge in [-0.3, -0.25) is 0 Å². The molecule has 2 heterocycles. The first-order valence-corrected chi connectivity index (χ1v) is 8.68. The van der Waals surface area contributed by atoms with Crippen LogP contribution in [-0.2, 0) is 6.54 Å². The molecule has 3 aromatic rings. The maximum absolute atomic E-state index is 13.1. The number of fused-ring (bicyclic) bond motifs is 1. The Bertz CT molecular complexity index is 904. The number of ether oxygens (including phenoxy) is 1. The molecule has 0 spiro atoms. The fourth-order valence-electron chi connectivity index (χ4n) is 3.52. The van der Waals surface area contributed by atoms with Crippen molar-refractivity contribution < 1.29 is 9.53 Å². The summed E-state index contributed by atoms with van der Waals surface area (Å²) < 4.78 is 7.56. The molecule has 132 valence electrons. The lowest BCUT2D eigenvalue weighted by Gasteiger charge is -2.37. The molecule has 1 atom stereocenters. The molecule has 1 N–H and O–H groups in total. The second-order valence-corrected chi connectivity index (χ2v) is 6.26. The van der Waals surface area contributed by atoms with Crippen LogP contribution in [0.1, 0.15) is 17.3 Å². The van der Waals surface area contributed by atoms with Crippen LogP contribution in [0.3, 0.4) is 0 Å². The van der Waals surface area contributed by atoms with Crippen LogP contribution in [0.25, 0.3) is 0 Å². The van der Waals surface area contributed by atoms with Crippen LogP contribution >= 0.6 is 0 Å². The maximum Gasteiger partial charge on any atom is 0.322 e. The van der Waals surface area contributed by atoms with Gasteiger partial charge in [-0.2, -0.15) is 0 Å². The molecule has 1 unspecified atom stereocenters. The van der Waals surface area contributed by atoms with Crippen molar-refractivity contribution in [2.75, 3.05) is 19.0 Å². The van der Waals surface area contributed by atoms with Gasteiger partial charge in [-0.15, -0.1) is 0 Å². The highest BCUT2D eigenvalue weighted by Crippen LogP contribution is 2.33. The molecule has 0 radical (unpaired) electrons. The Labute approximate surface area is 152 Å². The highest BCUT2D eigenvalue weighted by atomic mass is 16.5. The van der Waals surface area contributed by atoms with E-state index in [4.69, 9.17) is 4.74 Å². The Hall–Kier alpha value is -3.21. The summed E-state index contributed by atoms with van der Waals surface area (Å²) in [5, 5.41) is 3.01. The Balaban J connectivity index is 1.67. The molecule has 1 aliphatic rings. The number of anilines is 1. The van der Waals surface area contributed by atoms with Crippen molar-refractivity contribution in [2.45, 2.75) is 12.6 Å². The minimum Gasteiger partial charge on any atom is -0.495 e. The summed E-state index contributed by atoms with van der Waals surface area (Å²) in [6, 6.07) is 21.5. The third-order valence-corrected chi connectivity index (χ3v) is 4.76. The average molecular weight is 347 g/mol. The Kier molecular flexibility index (Phi) is 4.35. The number of hydrogen-bond donors (Lipinski definition) is 1. The fraction of sp³-hybridized carbons (Fsp3) is 0.190. The molecule has 1 aromatic heterocycles. The zero-order valence-electron chi connectivity index (χ0n) is 14.6. The van der Waals surface area contributed by atoms with Crippen molar-refractivity contribution in [3.63, 3.8) is 0 Å². The first-order chi connectivity index (χ1) is 12.8. The van der Waals surface area contributed by atoms with E-state index in [0.717, 1.165) is 17.8 Å². The van der Waals surface area contributed by atoms with Gasteiger partial charge in [0.05, 0.1) is 18.8 Å². The average Bonchev–Trinajstić information content (AvgIpc) is 3.17. The summed E-state index contributed by atoms with van der Waals surface area (Å²) in [4.78, 5) is 15.0. The van der Waals surface area contributed by atoms with Crippen LogP contribution in [0, 0.1) is 0 Å². The van der Waals surface area contributed by atoms with Crippen molar-refractivity contribution in [1.29, 1.82) is 0 Å². The van der Waals surface area contributed by atoms with Gasteiger partial charge in [0.15, 0.2) is 0 Å². The molecule has 0 aliphatic carbocycles. The van der Waals surface area contributed by atoms with Crippen LogP contribution in [0.4, 0.5) is 10.5 Å². The molecule has 0 fully saturated rings. The molecule has 2 amide bonds. The molecule has 1 aliphatic heterocycles. The number of carbonyl (C=O) groups excluding carboxylic acids is 1. The number of nitrogens with one attached hydrogen (secondary N) is 1. The number of para-hydroxylation sites is 2. The van der Waals surface area contributed by atoms with Crippen LogP contribution in [0.2, 0.25) is 0 Å². The second kappa shape index (κ2) is 6.96. The first-order valence-electron chi connectivity index (χ1n) is 8.68. The van der Waals surface area contributed by atoms with E-state index in [1.54, 1.807) is 7.11 Å². The Morgan fingerprint density at radius 1 is 1.00 bits per heavy atom. The summed E-state index contributed by atoms with van der Waals surface area (Å²) >= 11 is 0. The normalized spacial score (nSPS) is 16.0. The van der Waals surface area contributed by atoms with Gasteiger partial charge >= 0.3 is 6.03 Å². The number of rotatable bonds is 3. The zero-order chi connectivity index (χ0) is 17.9. The minimum atomic E-state index is -0.129. The molecular weight excluding hydrogens is 326 g/mol. The van der Waals surface area contributed by atoms with Crippen molar-refractivity contribution in [1.82, 2.24) is 9.47 Å². The van der Waals surface area contributed by atoms with Crippen LogP contribution in [-0.4, -0.2) is 29.2 Å². The monoisotopic (exact) mass is 347 g/mol. The predicted octanol–water partition coefficient (Wildman–Crippen LogP) is 4.13. The van der Waals surface area contributed by atoms with Gasteiger partial charge in [0.25, 0.3) is 0 Å². The SMILES string of the molecule is COc1ccccc1NC(=O)N1CCn2cccc2C1c1ccccc1. The third-order valence-electron chi connectivity index (χ3n) is 4.76. The molecule has 26 heavy (non-hydrogen) atoms. The van der Waals surface area contributed by atoms with Crippen LogP contribution < -0.4 is 10.1 Å². The molecule has 2 aromatic carbocycles. The smallest absolute Gasteiger partial charge is 0.322 e. The summed E-state index contributed by atoms with van der Waals surface area (Å²) in [5.74, 6) is 0.650. The van der Waals surface area contributed by atoms with E-state index in [-0.39, 0.29) is 12.1 Å². The number of benzene rings is 2. The fourth-order valence-corrected chi connectivity index (χ4v) is 3.52. The number of nitrogens with zero attached hydrogens (tertiary/aromatic N) is 2. The molecule has 0 saturated heterocycles. The second-order valence-electron chi connectivity index (χ2n) is 6.26. The van der Waals surface area contributed by atoms with Crippen molar-refractivity contribution in [3.05, 3.63) is 84.2 Å². The summed E-state index contributed by atoms with van der Waals surface area (Å²) in [5.41, 5.74) is 2.90. The van der Waals surface area contributed by atoms with E-state index >= 15 is 0 Å². The summed E-state index contributed by atoms with van der Waals surface area (Å²) in [6.45, 7) is 1.42. The van der Waals surface area contributed by atoms with Gasteiger partial charge in [0.1, 0.15) is 5.75 Å². The van der Waals surface area contributed by atoms with Gasteiger partial charge < -0.3 is 19.5 Å². The summed E-state index contributed by atoms with van der Waals surface area (Å²) in [6.07, 6.45) is 2.07. The number of urea groups is 1. The largest absolute Gasteiger partial charge is 0.495 e. The molecular formula is C21H21N3O2. The molecule has 4 rings (SSSR count). The number of amides is 2. The molecule has 0 saturated carbocycles. The number of hydrogen-bond acceptors (Lipinski definition) is 2. The van der Waals surface area contributed by atoms with Gasteiger partial charge in [0, 0.05) is 25.0 Å². The molecule has 5 heteroatoms. The van der Waals surface area contributed by atoms with E-state index in [0.29, 0.717) is 18.0 Å². The third kappa shape index (κ3) is 2.92. The highest BCUT2D eigenvalue weighted by Gasteiger charge is 2.32. The standard InChI is InChI=1S/C21H21N3O2/c1-26-19-12-6-5-10-17(19)22-21(25)24-15-14-23-13-7-11-18(23)20(24)16-8-3-2-4-9-16/h2-13,20H,14-15H2,1H3,(H,22,25). The van der Waals surface area contributed by atoms with Crippen LogP contribution in [0.5, 0.6) is 5.75 Å². The van der Waals surface area contributed by atoms with Crippen LogP contribution in [0.15, 0.2) is 72.9 Å². The van der Waals surface area contributed by atoms with Crippen molar-refractivity contribution >= 4 is 11.7 Å². The van der Waals surface area contributed by atoms with Crippen molar-refractivity contribution in [2.24, 2.45) is 0 Å². The van der Waals surface area contributed by atoms with E-state index in [9.17, 15) is 4.79 Å². The van der Waals surface area contributed by atoms with E-state index in [1.807, 2.05) is 53.4 Å². The zero-order valence-corrected chi connectivity index (χ0v) is 14.6. The number of methoxy groups -OCH3 is 1. The van der Waals surface area contributed by atoms with Gasteiger partial charge in [-0.25, -0.2) is 4.79 Å². The van der Waals surface area contributed by atoms with Gasteiger partial charge in [-0.1, -0.05) is 42.5 Å². The van der Waals surface area contributed by atoms with E-state index in [1.165, 1.54) is 0 Å². The maximum atomic E-state index is 13.1. The summed E-state index contributed by atoms with van der Waals surface area (Å²) in [7, 11) is 1.60. The highest BCUT2D eigenvalue weighted by molar-refractivity contribution is 5.91. The topological polar surface area (TPSA) is 46.5 Å². The predicted molar refractivity (Wildman–Crippen MR) is 101 cm³/mol. The van der Waals surface area contributed by atoms with E-state index < -0.39 is 0 Å². The minimum absolute atomic E-state index is 0.116. The van der Waals surface area contributed by atoms with Crippen molar-refractivity contribution in [3.8, 4) is 5.75 Å². The Morgan fingerprint density at radius 2 is 1.77 bits per heavy atom. The number of aromatic nitrogens is 1. The molecule has 0 bridgehead atoms.